The Morgan fingerprint density at radius 2 is 2.00 bits per heavy atom. The van der Waals surface area contributed by atoms with Gasteiger partial charge in [-0.15, -0.1) is 0 Å². The van der Waals surface area contributed by atoms with Crippen molar-refractivity contribution in [2.24, 2.45) is 0 Å². The van der Waals surface area contributed by atoms with Crippen molar-refractivity contribution in [3.8, 4) is 11.4 Å². The smallest absolute Gasteiger partial charge is 0.230 e. The molecule has 0 amide bonds. The fourth-order valence-electron chi connectivity index (χ4n) is 2.54. The van der Waals surface area contributed by atoms with Crippen molar-refractivity contribution in [2.75, 3.05) is 24.4 Å². The van der Waals surface area contributed by atoms with Gasteiger partial charge in [0.05, 0.1) is 6.61 Å². The van der Waals surface area contributed by atoms with Gasteiger partial charge in [0.2, 0.25) is 5.95 Å². The summed E-state index contributed by atoms with van der Waals surface area (Å²) in [6.45, 7) is 4.67. The van der Waals surface area contributed by atoms with Crippen LogP contribution in [0.2, 0.25) is 0 Å². The second kappa shape index (κ2) is 8.35. The number of rotatable bonds is 7. The van der Waals surface area contributed by atoms with Crippen LogP contribution >= 0.6 is 0 Å². The lowest BCUT2D eigenvalue weighted by atomic mass is 10.2. The maximum atomic E-state index is 5.14. The third-order valence-corrected chi connectivity index (χ3v) is 3.68. The average Bonchev–Trinajstić information content (AvgIpc) is 2.62. The molecule has 0 aliphatic rings. The molecule has 0 aliphatic carbocycles. The molecule has 7 heteroatoms. The van der Waals surface area contributed by atoms with Gasteiger partial charge >= 0.3 is 0 Å². The molecule has 2 aromatic heterocycles. The summed E-state index contributed by atoms with van der Waals surface area (Å²) in [4.78, 5) is 17.3. The second-order valence-corrected chi connectivity index (χ2v) is 6.06. The summed E-state index contributed by atoms with van der Waals surface area (Å²) in [6.07, 6.45) is 3.23. The predicted octanol–water partition coefficient (Wildman–Crippen LogP) is 3.43. The number of anilines is 3. The molecule has 0 fully saturated rings. The monoisotopic (exact) mass is 350 g/mol. The van der Waals surface area contributed by atoms with Crippen LogP contribution in [0.15, 0.2) is 48.9 Å². The first-order valence-electron chi connectivity index (χ1n) is 8.38. The lowest BCUT2D eigenvalue weighted by molar-refractivity contribution is 0.190. The Kier molecular flexibility index (Phi) is 5.70. The molecule has 0 saturated carbocycles. The first-order chi connectivity index (χ1) is 12.6. The van der Waals surface area contributed by atoms with Gasteiger partial charge in [0.25, 0.3) is 0 Å². The highest BCUT2D eigenvalue weighted by Gasteiger charge is 2.08. The Morgan fingerprint density at radius 3 is 2.81 bits per heavy atom. The molecular weight excluding hydrogens is 328 g/mol. The normalized spacial score (nSPS) is 11.8. The van der Waals surface area contributed by atoms with Crippen LogP contribution in [-0.2, 0) is 4.74 Å². The first-order valence-corrected chi connectivity index (χ1v) is 8.38. The number of ether oxygens (including phenoxy) is 1. The van der Waals surface area contributed by atoms with Crippen molar-refractivity contribution in [3.63, 3.8) is 0 Å². The number of benzene rings is 1. The molecule has 1 atom stereocenters. The summed E-state index contributed by atoms with van der Waals surface area (Å²) in [6, 6.07) is 12.0. The van der Waals surface area contributed by atoms with Gasteiger partial charge in [-0.3, -0.25) is 0 Å². The summed E-state index contributed by atoms with van der Waals surface area (Å²) in [5, 5.41) is 6.50. The molecule has 1 unspecified atom stereocenters. The van der Waals surface area contributed by atoms with Crippen molar-refractivity contribution in [2.45, 2.75) is 19.9 Å². The van der Waals surface area contributed by atoms with E-state index in [1.807, 2.05) is 50.2 Å². The largest absolute Gasteiger partial charge is 0.383 e. The van der Waals surface area contributed by atoms with Gasteiger partial charge < -0.3 is 15.4 Å². The standard InChI is InChI=1S/C19H22N6O/c1-13-5-4-6-16(9-13)24-19-22-12-21-18(25-19)15-7-8-20-17(10-15)23-14(2)11-26-3/h4-10,12,14H,11H2,1-3H3,(H,20,23)(H,21,22,24,25). The molecule has 7 nitrogen and oxygen atoms in total. The molecular formula is C19H22N6O. The van der Waals surface area contributed by atoms with E-state index in [1.165, 1.54) is 11.9 Å². The van der Waals surface area contributed by atoms with Crippen LogP contribution in [0.4, 0.5) is 17.5 Å². The first kappa shape index (κ1) is 17.8. The second-order valence-electron chi connectivity index (χ2n) is 6.06. The zero-order valence-corrected chi connectivity index (χ0v) is 15.1. The Morgan fingerprint density at radius 1 is 1.12 bits per heavy atom. The molecule has 0 aliphatic heterocycles. The molecule has 134 valence electrons. The Hall–Kier alpha value is -3.06. The van der Waals surface area contributed by atoms with E-state index in [4.69, 9.17) is 4.74 Å². The zero-order valence-electron chi connectivity index (χ0n) is 15.1. The van der Waals surface area contributed by atoms with E-state index in [-0.39, 0.29) is 6.04 Å². The predicted molar refractivity (Wildman–Crippen MR) is 102 cm³/mol. The Labute approximate surface area is 152 Å². The molecule has 2 N–H and O–H groups in total. The third kappa shape index (κ3) is 4.73. The molecule has 0 saturated heterocycles. The van der Waals surface area contributed by atoms with Crippen LogP contribution in [-0.4, -0.2) is 39.7 Å². The van der Waals surface area contributed by atoms with E-state index in [2.05, 4.69) is 30.6 Å². The lowest BCUT2D eigenvalue weighted by Gasteiger charge is -2.13. The Balaban J connectivity index is 1.79. The van der Waals surface area contributed by atoms with Gasteiger partial charge in [-0.2, -0.15) is 4.98 Å². The minimum absolute atomic E-state index is 0.152. The maximum Gasteiger partial charge on any atom is 0.230 e. The van der Waals surface area contributed by atoms with Crippen LogP contribution in [0.5, 0.6) is 0 Å². The molecule has 3 rings (SSSR count). The van der Waals surface area contributed by atoms with E-state index < -0.39 is 0 Å². The van der Waals surface area contributed by atoms with Gasteiger partial charge in [0, 0.05) is 30.6 Å². The summed E-state index contributed by atoms with van der Waals surface area (Å²) >= 11 is 0. The van der Waals surface area contributed by atoms with E-state index in [0.29, 0.717) is 18.4 Å². The van der Waals surface area contributed by atoms with Crippen LogP contribution in [0.1, 0.15) is 12.5 Å². The number of methoxy groups -OCH3 is 1. The molecule has 26 heavy (non-hydrogen) atoms. The number of hydrogen-bond donors (Lipinski definition) is 2. The Bertz CT molecular complexity index is 870. The highest BCUT2D eigenvalue weighted by molar-refractivity contribution is 5.61. The van der Waals surface area contributed by atoms with Crippen LogP contribution in [0.25, 0.3) is 11.4 Å². The summed E-state index contributed by atoms with van der Waals surface area (Å²) < 4.78 is 5.14. The summed E-state index contributed by atoms with van der Waals surface area (Å²) in [5.41, 5.74) is 2.97. The van der Waals surface area contributed by atoms with E-state index in [0.717, 1.165) is 17.1 Å². The number of nitrogens with one attached hydrogen (secondary N) is 2. The van der Waals surface area contributed by atoms with Crippen molar-refractivity contribution >= 4 is 17.5 Å². The maximum absolute atomic E-state index is 5.14. The number of hydrogen-bond acceptors (Lipinski definition) is 7. The van der Waals surface area contributed by atoms with Crippen molar-refractivity contribution in [3.05, 3.63) is 54.5 Å². The summed E-state index contributed by atoms with van der Waals surface area (Å²) in [7, 11) is 1.68. The number of aromatic nitrogens is 4. The van der Waals surface area contributed by atoms with Gasteiger partial charge in [0.15, 0.2) is 5.82 Å². The van der Waals surface area contributed by atoms with E-state index >= 15 is 0 Å². The van der Waals surface area contributed by atoms with E-state index in [1.54, 1.807) is 13.3 Å². The molecule has 0 bridgehead atoms. The van der Waals surface area contributed by atoms with Crippen molar-refractivity contribution < 1.29 is 4.74 Å². The van der Waals surface area contributed by atoms with Crippen LogP contribution in [0, 0.1) is 6.92 Å². The quantitative estimate of drug-likeness (QED) is 0.675. The van der Waals surface area contributed by atoms with Crippen molar-refractivity contribution in [1.82, 2.24) is 19.9 Å². The van der Waals surface area contributed by atoms with Crippen molar-refractivity contribution in [1.29, 1.82) is 0 Å². The fourth-order valence-corrected chi connectivity index (χ4v) is 2.54. The average molecular weight is 350 g/mol. The topological polar surface area (TPSA) is 84.9 Å². The van der Waals surface area contributed by atoms with Gasteiger partial charge in [-0.25, -0.2) is 15.0 Å². The highest BCUT2D eigenvalue weighted by Crippen LogP contribution is 2.20. The molecule has 2 heterocycles. The SMILES string of the molecule is COCC(C)Nc1cc(-c2ncnc(Nc3cccc(C)c3)n2)ccn1. The molecule has 1 aromatic carbocycles. The van der Waals surface area contributed by atoms with Gasteiger partial charge in [-0.1, -0.05) is 12.1 Å². The molecule has 0 radical (unpaired) electrons. The molecule has 3 aromatic rings. The van der Waals surface area contributed by atoms with E-state index in [9.17, 15) is 0 Å². The number of aryl methyl sites for hydroxylation is 1. The van der Waals surface area contributed by atoms with Gasteiger partial charge in [-0.05, 0) is 43.7 Å². The number of pyridine rings is 1. The fraction of sp³-hybridized carbons (Fsp3) is 0.263. The van der Waals surface area contributed by atoms with Gasteiger partial charge in [0.1, 0.15) is 12.1 Å². The number of nitrogens with zero attached hydrogens (tertiary/aromatic N) is 4. The van der Waals surface area contributed by atoms with Crippen LogP contribution in [0.3, 0.4) is 0 Å². The zero-order chi connectivity index (χ0) is 18.4. The minimum atomic E-state index is 0.152. The molecule has 0 spiro atoms. The van der Waals surface area contributed by atoms with Crippen LogP contribution < -0.4 is 10.6 Å². The summed E-state index contributed by atoms with van der Waals surface area (Å²) in [5.74, 6) is 1.83. The highest BCUT2D eigenvalue weighted by atomic mass is 16.5. The minimum Gasteiger partial charge on any atom is -0.383 e. The lowest BCUT2D eigenvalue weighted by Crippen LogP contribution is -2.21. The third-order valence-electron chi connectivity index (χ3n) is 3.68.